The molecule has 0 amide bonds. The Morgan fingerprint density at radius 2 is 2.20 bits per heavy atom. The second-order valence-electron chi connectivity index (χ2n) is 3.88. The first-order valence-corrected chi connectivity index (χ1v) is 8.29. The van der Waals surface area contributed by atoms with Crippen LogP contribution in [0.3, 0.4) is 0 Å². The smallest absolute Gasteiger partial charge is 0.243 e. The van der Waals surface area contributed by atoms with Crippen LogP contribution >= 0.6 is 27.5 Å². The number of pyridine rings is 1. The number of sulfonamides is 1. The van der Waals surface area contributed by atoms with Gasteiger partial charge in [0.05, 0.1) is 0 Å². The van der Waals surface area contributed by atoms with Crippen LogP contribution in [-0.4, -0.2) is 35.1 Å². The Morgan fingerprint density at radius 3 is 2.90 bits per heavy atom. The van der Waals surface area contributed by atoms with Crippen molar-refractivity contribution >= 4 is 37.6 Å². The summed E-state index contributed by atoms with van der Waals surface area (Å²) in [6, 6.07) is 1.41. The third kappa shape index (κ3) is 3.98. The fourth-order valence-corrected chi connectivity index (χ4v) is 3.50. The minimum atomic E-state index is -3.68. The van der Waals surface area contributed by atoms with Crippen molar-refractivity contribution in [3.63, 3.8) is 0 Å². The van der Waals surface area contributed by atoms with Crippen molar-refractivity contribution in [2.45, 2.75) is 17.7 Å². The van der Waals surface area contributed by atoms with E-state index in [-0.39, 0.29) is 16.6 Å². The molecule has 7 nitrogen and oxygen atoms in total. The molecule has 2 heterocycles. The van der Waals surface area contributed by atoms with Crippen LogP contribution in [0.1, 0.15) is 12.2 Å². The summed E-state index contributed by atoms with van der Waals surface area (Å²) >= 11 is 8.96. The van der Waals surface area contributed by atoms with Gasteiger partial charge in [0.2, 0.25) is 10.0 Å². The normalized spacial score (nSPS) is 11.7. The highest BCUT2D eigenvalue weighted by Gasteiger charge is 2.18. The lowest BCUT2D eigenvalue weighted by molar-refractivity contribution is 0.578. The monoisotopic (exact) mass is 379 g/mol. The van der Waals surface area contributed by atoms with Gasteiger partial charge in [0.15, 0.2) is 0 Å². The Labute approximate surface area is 129 Å². The molecule has 0 aromatic carbocycles. The van der Waals surface area contributed by atoms with Crippen LogP contribution in [0.25, 0.3) is 0 Å². The van der Waals surface area contributed by atoms with E-state index in [1.165, 1.54) is 18.6 Å². The summed E-state index contributed by atoms with van der Waals surface area (Å²) in [5, 5.41) is 6.36. The molecule has 20 heavy (non-hydrogen) atoms. The average Bonchev–Trinajstić information content (AvgIpc) is 2.90. The Bertz CT molecular complexity index is 677. The fourth-order valence-electron chi connectivity index (χ4n) is 1.48. The van der Waals surface area contributed by atoms with Crippen LogP contribution in [0.2, 0.25) is 5.15 Å². The van der Waals surface area contributed by atoms with E-state index in [1.807, 2.05) is 0 Å². The number of hydrogen-bond acceptors (Lipinski definition) is 5. The second-order valence-corrected chi connectivity index (χ2v) is 6.89. The quantitative estimate of drug-likeness (QED) is 0.584. The molecule has 2 N–H and O–H groups in total. The van der Waals surface area contributed by atoms with Gasteiger partial charge in [-0.3, -0.25) is 5.10 Å². The first kappa shape index (κ1) is 15.4. The van der Waals surface area contributed by atoms with Crippen molar-refractivity contribution < 1.29 is 8.42 Å². The van der Waals surface area contributed by atoms with E-state index in [0.29, 0.717) is 23.1 Å². The number of H-pyrrole nitrogens is 1. The lowest BCUT2D eigenvalue weighted by atomic mass is 10.3. The van der Waals surface area contributed by atoms with Crippen LogP contribution < -0.4 is 4.72 Å². The van der Waals surface area contributed by atoms with Gasteiger partial charge in [-0.05, 0) is 28.4 Å². The predicted octanol–water partition coefficient (Wildman–Crippen LogP) is 1.53. The molecule has 0 radical (unpaired) electrons. The topological polar surface area (TPSA) is 101 Å². The van der Waals surface area contributed by atoms with Gasteiger partial charge in [-0.25, -0.2) is 23.1 Å². The zero-order chi connectivity index (χ0) is 14.6. The summed E-state index contributed by atoms with van der Waals surface area (Å²) in [5.74, 6) is 0.714. The summed E-state index contributed by atoms with van der Waals surface area (Å²) in [6.07, 6.45) is 4.04. The maximum atomic E-state index is 12.1. The van der Waals surface area contributed by atoms with Crippen molar-refractivity contribution in [1.82, 2.24) is 24.9 Å². The van der Waals surface area contributed by atoms with E-state index in [2.05, 4.69) is 40.8 Å². The Balaban J connectivity index is 1.95. The molecule has 108 valence electrons. The SMILES string of the molecule is O=S(=O)(NCCCc1ncn[nH]1)c1cc(Br)cnc1Cl. The molecule has 2 aromatic heterocycles. The number of aromatic nitrogens is 4. The largest absolute Gasteiger partial charge is 0.263 e. The minimum Gasteiger partial charge on any atom is -0.263 e. The predicted molar refractivity (Wildman–Crippen MR) is 76.8 cm³/mol. The zero-order valence-corrected chi connectivity index (χ0v) is 13.3. The van der Waals surface area contributed by atoms with Crippen LogP contribution in [0.4, 0.5) is 0 Å². The standard InChI is InChI=1S/C10H11BrClN5O2S/c11-7-4-8(10(12)13-5-7)20(18,19)16-3-1-2-9-14-6-15-17-9/h4-6,16H,1-3H2,(H,14,15,17). The molecule has 0 unspecified atom stereocenters. The number of nitrogens with zero attached hydrogens (tertiary/aromatic N) is 3. The van der Waals surface area contributed by atoms with Crippen molar-refractivity contribution in [1.29, 1.82) is 0 Å². The molecule has 0 saturated carbocycles. The molecule has 2 aromatic rings. The summed E-state index contributed by atoms with van der Waals surface area (Å²) < 4.78 is 27.2. The summed E-state index contributed by atoms with van der Waals surface area (Å²) in [4.78, 5) is 7.69. The minimum absolute atomic E-state index is 0.0480. The van der Waals surface area contributed by atoms with E-state index in [0.717, 1.165) is 0 Å². The Morgan fingerprint density at radius 1 is 1.40 bits per heavy atom. The Hall–Kier alpha value is -1.03. The van der Waals surface area contributed by atoms with E-state index < -0.39 is 10.0 Å². The van der Waals surface area contributed by atoms with Crippen molar-refractivity contribution in [3.05, 3.63) is 34.0 Å². The maximum absolute atomic E-state index is 12.1. The number of rotatable bonds is 6. The first-order chi connectivity index (χ1) is 9.49. The first-order valence-electron chi connectivity index (χ1n) is 5.64. The van der Waals surface area contributed by atoms with Gasteiger partial charge >= 0.3 is 0 Å². The van der Waals surface area contributed by atoms with E-state index >= 15 is 0 Å². The molecule has 10 heteroatoms. The summed E-state index contributed by atoms with van der Waals surface area (Å²) in [6.45, 7) is 0.270. The lowest BCUT2D eigenvalue weighted by Crippen LogP contribution is -2.25. The van der Waals surface area contributed by atoms with Crippen LogP contribution in [0.5, 0.6) is 0 Å². The van der Waals surface area contributed by atoms with Gasteiger partial charge in [-0.15, -0.1) is 0 Å². The van der Waals surface area contributed by atoms with Gasteiger partial charge in [-0.2, -0.15) is 5.10 Å². The molecule has 2 rings (SSSR count). The van der Waals surface area contributed by atoms with Crippen molar-refractivity contribution in [3.8, 4) is 0 Å². The molecule has 0 aliphatic carbocycles. The van der Waals surface area contributed by atoms with Gasteiger partial charge < -0.3 is 0 Å². The van der Waals surface area contributed by atoms with Crippen LogP contribution in [0.15, 0.2) is 28.0 Å². The van der Waals surface area contributed by atoms with E-state index in [4.69, 9.17) is 11.6 Å². The molecule has 0 fully saturated rings. The highest BCUT2D eigenvalue weighted by atomic mass is 79.9. The van der Waals surface area contributed by atoms with E-state index in [9.17, 15) is 8.42 Å². The molecular formula is C10H11BrClN5O2S. The maximum Gasteiger partial charge on any atom is 0.243 e. The summed E-state index contributed by atoms with van der Waals surface area (Å²) in [7, 11) is -3.68. The molecule has 0 atom stereocenters. The third-order valence-electron chi connectivity index (χ3n) is 2.41. The highest BCUT2D eigenvalue weighted by molar-refractivity contribution is 9.10. The molecular weight excluding hydrogens is 370 g/mol. The molecule has 0 aliphatic heterocycles. The molecule has 0 saturated heterocycles. The van der Waals surface area contributed by atoms with Gasteiger partial charge in [0.25, 0.3) is 0 Å². The van der Waals surface area contributed by atoms with Gasteiger partial charge in [-0.1, -0.05) is 11.6 Å². The molecule has 0 aliphatic rings. The van der Waals surface area contributed by atoms with Gasteiger partial charge in [0.1, 0.15) is 22.2 Å². The zero-order valence-electron chi connectivity index (χ0n) is 10.2. The lowest BCUT2D eigenvalue weighted by Gasteiger charge is -2.07. The highest BCUT2D eigenvalue weighted by Crippen LogP contribution is 2.22. The molecule has 0 spiro atoms. The third-order valence-corrected chi connectivity index (χ3v) is 4.73. The number of hydrogen-bond donors (Lipinski definition) is 2. The Kier molecular flexibility index (Phi) is 5.08. The number of halogens is 2. The number of aromatic amines is 1. The molecule has 0 bridgehead atoms. The van der Waals surface area contributed by atoms with Gasteiger partial charge in [0, 0.05) is 23.6 Å². The van der Waals surface area contributed by atoms with E-state index in [1.54, 1.807) is 0 Å². The fraction of sp³-hybridized carbons (Fsp3) is 0.300. The second kappa shape index (κ2) is 6.61. The van der Waals surface area contributed by atoms with Crippen molar-refractivity contribution in [2.75, 3.05) is 6.54 Å². The summed E-state index contributed by atoms with van der Waals surface area (Å²) in [5.41, 5.74) is 0. The van der Waals surface area contributed by atoms with Crippen LogP contribution in [-0.2, 0) is 16.4 Å². The van der Waals surface area contributed by atoms with Crippen molar-refractivity contribution in [2.24, 2.45) is 0 Å². The number of aryl methyl sites for hydroxylation is 1. The average molecular weight is 381 g/mol. The van der Waals surface area contributed by atoms with Crippen LogP contribution in [0, 0.1) is 0 Å². The number of nitrogens with one attached hydrogen (secondary N) is 2.